The fraction of sp³-hybridized carbons (Fsp3) is 0.368. The molecular formula is C19H27BClNSi2. The zero-order chi connectivity index (χ0) is 17.7. The Balaban J connectivity index is 2.15. The molecule has 3 rings (SSSR count). The summed E-state index contributed by atoms with van der Waals surface area (Å²) < 4.78 is 2.73. The number of halogens is 1. The number of nitrogens with zero attached hydrogens (tertiary/aromatic N) is 1. The van der Waals surface area contributed by atoms with Gasteiger partial charge in [0.2, 0.25) is 0 Å². The van der Waals surface area contributed by atoms with Crippen molar-refractivity contribution < 1.29 is 0 Å². The predicted octanol–water partition coefficient (Wildman–Crippen LogP) is 6.04. The van der Waals surface area contributed by atoms with E-state index in [2.05, 4.69) is 92.0 Å². The van der Waals surface area contributed by atoms with Gasteiger partial charge in [0.05, 0.1) is 0 Å². The second-order valence-corrected chi connectivity index (χ2v) is 19.3. The van der Waals surface area contributed by atoms with E-state index in [0.717, 1.165) is 0 Å². The summed E-state index contributed by atoms with van der Waals surface area (Å²) in [7, 11) is -3.06. The molecule has 0 saturated heterocycles. The van der Waals surface area contributed by atoms with E-state index in [1.165, 1.54) is 22.3 Å². The van der Waals surface area contributed by atoms with Crippen LogP contribution >= 0.6 is 11.5 Å². The van der Waals surface area contributed by atoms with Crippen molar-refractivity contribution in [1.29, 1.82) is 0 Å². The molecule has 1 aliphatic rings. The van der Waals surface area contributed by atoms with Crippen molar-refractivity contribution in [3.63, 3.8) is 0 Å². The summed E-state index contributed by atoms with van der Waals surface area (Å²) in [5.74, 6) is 0.262. The Kier molecular flexibility index (Phi) is 4.62. The zero-order valence-electron chi connectivity index (χ0n) is 15.6. The van der Waals surface area contributed by atoms with Crippen molar-refractivity contribution in [3.8, 4) is 11.1 Å². The van der Waals surface area contributed by atoms with Gasteiger partial charge in [0.15, 0.2) is 0 Å². The average Bonchev–Trinajstić information content (AvgIpc) is 2.78. The van der Waals surface area contributed by atoms with Gasteiger partial charge in [-0.15, -0.1) is 0 Å². The molecule has 24 heavy (non-hydrogen) atoms. The van der Waals surface area contributed by atoms with Crippen molar-refractivity contribution in [2.45, 2.75) is 45.1 Å². The van der Waals surface area contributed by atoms with Crippen molar-refractivity contribution in [2.75, 3.05) is 0 Å². The lowest BCUT2D eigenvalue weighted by molar-refractivity contribution is 0.906. The molecule has 1 aliphatic carbocycles. The van der Waals surface area contributed by atoms with Gasteiger partial charge in [-0.1, -0.05) is 87.8 Å². The highest BCUT2D eigenvalue weighted by Crippen LogP contribution is 2.48. The van der Waals surface area contributed by atoms with Crippen molar-refractivity contribution in [1.82, 2.24) is 4.14 Å². The monoisotopic (exact) mass is 371 g/mol. The van der Waals surface area contributed by atoms with Gasteiger partial charge in [-0.05, 0) is 22.3 Å². The third kappa shape index (κ3) is 3.05. The lowest BCUT2D eigenvalue weighted by Gasteiger charge is -2.47. The topological polar surface area (TPSA) is 3.24 Å². The van der Waals surface area contributed by atoms with E-state index in [1.54, 1.807) is 0 Å². The lowest BCUT2D eigenvalue weighted by Crippen LogP contribution is -2.65. The van der Waals surface area contributed by atoms with Gasteiger partial charge in [-0.3, -0.25) is 0 Å². The third-order valence-corrected chi connectivity index (χ3v) is 13.1. The van der Waals surface area contributed by atoms with Crippen LogP contribution in [-0.4, -0.2) is 26.9 Å². The van der Waals surface area contributed by atoms with E-state index < -0.39 is 16.5 Å². The summed E-state index contributed by atoms with van der Waals surface area (Å²) in [6, 6.07) is 17.6. The van der Waals surface area contributed by atoms with Gasteiger partial charge in [0, 0.05) is 5.82 Å². The molecule has 0 saturated carbocycles. The van der Waals surface area contributed by atoms with Gasteiger partial charge < -0.3 is 4.14 Å². The third-order valence-electron chi connectivity index (χ3n) is 4.85. The molecule has 0 N–H and O–H groups in total. The minimum Gasteiger partial charge on any atom is -0.373 e. The molecule has 5 heteroatoms. The largest absolute Gasteiger partial charge is 0.373 e. The van der Waals surface area contributed by atoms with E-state index in [-0.39, 0.29) is 12.1 Å². The van der Waals surface area contributed by atoms with Crippen molar-refractivity contribution >= 4 is 34.2 Å². The molecule has 0 radical (unpaired) electrons. The molecule has 0 aromatic heterocycles. The smallest absolute Gasteiger partial charge is 0.330 e. The van der Waals surface area contributed by atoms with E-state index >= 15 is 0 Å². The SMILES string of the molecule is C[Si](C)(C)N(B(Cl)C1c2ccccc2-c2ccccc21)[Si](C)(C)C. The molecule has 0 heterocycles. The highest BCUT2D eigenvalue weighted by Gasteiger charge is 2.47. The number of hydrogen-bond donors (Lipinski definition) is 0. The van der Waals surface area contributed by atoms with Gasteiger partial charge in [0.1, 0.15) is 16.5 Å². The first-order valence-electron chi connectivity index (χ1n) is 8.74. The molecule has 0 unspecified atom stereocenters. The maximum Gasteiger partial charge on any atom is 0.330 e. The molecule has 126 valence electrons. The van der Waals surface area contributed by atoms with Crippen LogP contribution in [0.4, 0.5) is 0 Å². The highest BCUT2D eigenvalue weighted by atomic mass is 35.5. The van der Waals surface area contributed by atoms with Crippen LogP contribution < -0.4 is 0 Å². The molecular weight excluding hydrogens is 345 g/mol. The van der Waals surface area contributed by atoms with Gasteiger partial charge in [-0.2, -0.15) is 11.5 Å². The number of hydrogen-bond acceptors (Lipinski definition) is 1. The Bertz CT molecular complexity index is 692. The lowest BCUT2D eigenvalue weighted by atomic mass is 9.69. The average molecular weight is 372 g/mol. The van der Waals surface area contributed by atoms with E-state index in [9.17, 15) is 0 Å². The normalized spacial score (nSPS) is 14.7. The summed E-state index contributed by atoms with van der Waals surface area (Å²) in [6.07, 6.45) is 0.0214. The Morgan fingerprint density at radius 3 is 1.50 bits per heavy atom. The quantitative estimate of drug-likeness (QED) is 0.592. The first-order valence-corrected chi connectivity index (χ1v) is 16.1. The van der Waals surface area contributed by atoms with E-state index in [1.807, 2.05) is 0 Å². The van der Waals surface area contributed by atoms with Crippen LogP contribution in [0.15, 0.2) is 48.5 Å². The molecule has 0 fully saturated rings. The minimum absolute atomic E-state index is 0.0214. The Hall–Kier alpha value is -0.811. The summed E-state index contributed by atoms with van der Waals surface area (Å²) in [5, 5.41) is 0. The first kappa shape index (κ1) is 18.0. The van der Waals surface area contributed by atoms with Crippen LogP contribution in [0.1, 0.15) is 16.9 Å². The van der Waals surface area contributed by atoms with Crippen LogP contribution in [0.25, 0.3) is 11.1 Å². The van der Waals surface area contributed by atoms with E-state index in [0.29, 0.717) is 0 Å². The van der Waals surface area contributed by atoms with Gasteiger partial charge >= 0.3 is 6.26 Å². The molecule has 0 amide bonds. The molecule has 2 aromatic carbocycles. The first-order chi connectivity index (χ1) is 11.1. The Morgan fingerprint density at radius 1 is 0.750 bits per heavy atom. The van der Waals surface area contributed by atoms with Crippen LogP contribution in [0, 0.1) is 0 Å². The number of fused-ring (bicyclic) bond motifs is 3. The predicted molar refractivity (Wildman–Crippen MR) is 114 cm³/mol. The standard InChI is InChI=1S/C19H27BClNSi2/c1-23(2,3)22(24(4,5)6)20(21)19-17-13-9-7-11-15(17)16-12-8-10-14-18(16)19/h7-14,19H,1-6H3. The van der Waals surface area contributed by atoms with E-state index in [4.69, 9.17) is 11.5 Å². The summed E-state index contributed by atoms with van der Waals surface area (Å²) >= 11 is 7.27. The number of benzene rings is 2. The van der Waals surface area contributed by atoms with Gasteiger partial charge in [-0.25, -0.2) is 0 Å². The molecule has 0 aliphatic heterocycles. The van der Waals surface area contributed by atoms with Crippen LogP contribution in [0.2, 0.25) is 39.3 Å². The van der Waals surface area contributed by atoms with Crippen LogP contribution in [0.5, 0.6) is 0 Å². The second-order valence-electron chi connectivity index (χ2n) is 8.74. The van der Waals surface area contributed by atoms with Gasteiger partial charge in [0.25, 0.3) is 0 Å². The summed E-state index contributed by atoms with van der Waals surface area (Å²) in [5.41, 5.74) is 5.49. The van der Waals surface area contributed by atoms with Crippen LogP contribution in [0.3, 0.4) is 0 Å². The molecule has 0 spiro atoms. The highest BCUT2D eigenvalue weighted by molar-refractivity contribution is 7.16. The fourth-order valence-corrected chi connectivity index (χ4v) is 16.2. The summed E-state index contributed by atoms with van der Waals surface area (Å²) in [6.45, 7) is 14.5. The Labute approximate surface area is 154 Å². The molecule has 0 atom stereocenters. The zero-order valence-corrected chi connectivity index (χ0v) is 18.4. The fourth-order valence-electron chi connectivity index (χ4n) is 4.39. The summed E-state index contributed by atoms with van der Waals surface area (Å²) in [4.78, 5) is 0. The molecule has 0 bridgehead atoms. The van der Waals surface area contributed by atoms with Crippen molar-refractivity contribution in [3.05, 3.63) is 59.7 Å². The second kappa shape index (κ2) is 6.17. The molecule has 2 aromatic rings. The number of rotatable bonds is 4. The maximum atomic E-state index is 7.27. The molecule has 1 nitrogen and oxygen atoms in total. The maximum absolute atomic E-state index is 7.27. The van der Waals surface area contributed by atoms with Crippen molar-refractivity contribution in [2.24, 2.45) is 0 Å². The Morgan fingerprint density at radius 2 is 1.12 bits per heavy atom. The minimum atomic E-state index is -1.53. The van der Waals surface area contributed by atoms with Crippen LogP contribution in [-0.2, 0) is 0 Å².